The standard InChI is InChI=1S/C2F4Si2/c3-1(4)7-2(5,6)8(1)7. The van der Waals surface area contributed by atoms with Gasteiger partial charge in [-0.15, -0.1) is 0 Å². The van der Waals surface area contributed by atoms with Crippen LogP contribution < -0.4 is 0 Å². The molecule has 0 aliphatic carbocycles. The molecule has 0 saturated carbocycles. The Hall–Kier alpha value is 0.154. The summed E-state index contributed by atoms with van der Waals surface area (Å²) in [6.07, 6.45) is 0. The van der Waals surface area contributed by atoms with Gasteiger partial charge in [0.05, 0.1) is 0 Å². The average molecular weight is 156 g/mol. The minimum absolute atomic E-state index is 2.38. The van der Waals surface area contributed by atoms with Crippen LogP contribution in [0.25, 0.3) is 0 Å². The smallest absolute Gasteiger partial charge is 0.209 e. The molecule has 6 heteroatoms. The summed E-state index contributed by atoms with van der Waals surface area (Å²) in [4.78, 5) is 0. The van der Waals surface area contributed by atoms with E-state index in [4.69, 9.17) is 0 Å². The first kappa shape index (κ1) is 4.98. The Morgan fingerprint density at radius 1 is 0.750 bits per heavy atom. The Labute approximate surface area is 44.7 Å². The van der Waals surface area contributed by atoms with Crippen LogP contribution in [-0.2, 0) is 0 Å². The average Bonchev–Trinajstić information content (AvgIpc) is 2.24. The Morgan fingerprint density at radius 2 is 1.00 bits per heavy atom. The van der Waals surface area contributed by atoms with Crippen molar-refractivity contribution >= 4 is 15.8 Å². The Kier molecular flexibility index (Phi) is 0.512. The van der Waals surface area contributed by atoms with Crippen LogP contribution in [0.1, 0.15) is 0 Å². The van der Waals surface area contributed by atoms with Gasteiger partial charge in [-0.3, -0.25) is 0 Å². The van der Waals surface area contributed by atoms with Crippen molar-refractivity contribution in [1.82, 2.24) is 0 Å². The second-order valence-electron chi connectivity index (χ2n) is 1.90. The second-order valence-corrected chi connectivity index (χ2v) is 9.91. The summed E-state index contributed by atoms with van der Waals surface area (Å²) in [6.45, 7) is 0. The topological polar surface area (TPSA) is 0 Å². The molecule has 0 fully saturated rings. The molecule has 0 aromatic rings. The van der Waals surface area contributed by atoms with Gasteiger partial charge < -0.3 is 0 Å². The quantitative estimate of drug-likeness (QED) is 0.354. The Bertz CT molecular complexity index is 166. The molecule has 44 valence electrons. The number of hydrogen-bond donors (Lipinski definition) is 0. The van der Waals surface area contributed by atoms with Crippen LogP contribution in [0.5, 0.6) is 0 Å². The van der Waals surface area contributed by atoms with E-state index < -0.39 is 26.1 Å². The SMILES string of the molecule is FC1(F)[Si]2=[Si]1C2(F)F. The zero-order valence-electron chi connectivity index (χ0n) is 3.51. The summed E-state index contributed by atoms with van der Waals surface area (Å²) < 4.78 is 46.7. The maximum Gasteiger partial charge on any atom is 0.247 e. The highest BCUT2D eigenvalue weighted by molar-refractivity contribution is 7.38. The molecule has 0 spiro atoms. The molecule has 0 nitrogen and oxygen atoms in total. The largest absolute Gasteiger partial charge is 0.247 e. The number of hydrogen-bond acceptors (Lipinski definition) is 0. The van der Waals surface area contributed by atoms with Crippen LogP contribution in [0.15, 0.2) is 0 Å². The monoisotopic (exact) mass is 156 g/mol. The third kappa shape index (κ3) is 0.280. The molecule has 0 N–H and O–H groups in total. The Morgan fingerprint density at radius 3 is 1.00 bits per heavy atom. The first-order valence-electron chi connectivity index (χ1n) is 2.01. The van der Waals surface area contributed by atoms with E-state index in [2.05, 4.69) is 0 Å². The first-order valence-corrected chi connectivity index (χ1v) is 6.01. The third-order valence-electron chi connectivity index (χ3n) is 1.38. The van der Waals surface area contributed by atoms with Crippen molar-refractivity contribution in [2.75, 3.05) is 0 Å². The number of halogens is 4. The molecule has 0 amide bonds. The van der Waals surface area contributed by atoms with Crippen LogP contribution in [0.3, 0.4) is 0 Å². The molecule has 2 heterocycles. The lowest BCUT2D eigenvalue weighted by molar-refractivity contribution is 0.108. The predicted octanol–water partition coefficient (Wildman–Crippen LogP) is 0.509. The zero-order valence-corrected chi connectivity index (χ0v) is 5.51. The molecule has 0 saturated heterocycles. The summed E-state index contributed by atoms with van der Waals surface area (Å²) >= 11 is 0. The molecular weight excluding hydrogens is 156 g/mol. The molecular formula is C2F4Si2. The van der Waals surface area contributed by atoms with E-state index in [9.17, 15) is 17.6 Å². The maximum atomic E-state index is 11.7. The van der Waals surface area contributed by atoms with Gasteiger partial charge in [0, 0.05) is 0 Å². The molecule has 0 aromatic carbocycles. The summed E-state index contributed by atoms with van der Waals surface area (Å²) in [6, 6.07) is 0. The van der Waals surface area contributed by atoms with Gasteiger partial charge in [-0.05, 0) is 0 Å². The third-order valence-corrected chi connectivity index (χ3v) is 10.2. The lowest BCUT2D eigenvalue weighted by Gasteiger charge is -2.13. The van der Waals surface area contributed by atoms with Gasteiger partial charge in [-0.1, -0.05) is 0 Å². The number of alkyl halides is 4. The Balaban J connectivity index is 2.17. The van der Waals surface area contributed by atoms with Gasteiger partial charge in [-0.2, -0.15) is 0 Å². The predicted molar refractivity (Wildman–Crippen MR) is 21.4 cm³/mol. The minimum Gasteiger partial charge on any atom is -0.209 e. The molecule has 0 aromatic heterocycles. The minimum atomic E-state index is -2.81. The van der Waals surface area contributed by atoms with Crippen LogP contribution in [-0.4, -0.2) is 26.1 Å². The van der Waals surface area contributed by atoms with Gasteiger partial charge in [0.25, 0.3) is 0 Å². The van der Waals surface area contributed by atoms with E-state index in [1.54, 1.807) is 0 Å². The molecule has 0 unspecified atom stereocenters. The maximum absolute atomic E-state index is 11.7. The molecule has 2 aliphatic heterocycles. The fraction of sp³-hybridized carbons (Fsp3) is 1.00. The highest BCUT2D eigenvalue weighted by atomic mass is 29.0. The first-order chi connectivity index (χ1) is 3.49. The highest BCUT2D eigenvalue weighted by Crippen LogP contribution is 2.55. The molecule has 0 atom stereocenters. The lowest BCUT2D eigenvalue weighted by atomic mass is 11.5. The molecule has 2 aliphatic rings. The van der Waals surface area contributed by atoms with E-state index in [1.807, 2.05) is 0 Å². The molecule has 0 bridgehead atoms. The van der Waals surface area contributed by atoms with E-state index in [-0.39, 0.29) is 0 Å². The summed E-state index contributed by atoms with van der Waals surface area (Å²) in [5, 5.41) is -5.61. The van der Waals surface area contributed by atoms with Crippen molar-refractivity contribution in [3.05, 3.63) is 0 Å². The van der Waals surface area contributed by atoms with Crippen LogP contribution in [0.4, 0.5) is 17.6 Å². The fourth-order valence-corrected chi connectivity index (χ4v) is 8.62. The van der Waals surface area contributed by atoms with Crippen LogP contribution in [0.2, 0.25) is 0 Å². The lowest BCUT2D eigenvalue weighted by Crippen LogP contribution is -2.39. The molecule has 2 rings (SSSR count). The van der Waals surface area contributed by atoms with Crippen molar-refractivity contribution in [3.63, 3.8) is 0 Å². The fourth-order valence-electron chi connectivity index (χ4n) is 0.803. The van der Waals surface area contributed by atoms with Gasteiger partial charge in [0.1, 0.15) is 0 Å². The van der Waals surface area contributed by atoms with Crippen molar-refractivity contribution in [2.24, 2.45) is 0 Å². The normalized spacial score (nSPS) is 34.5. The van der Waals surface area contributed by atoms with E-state index in [1.165, 1.54) is 0 Å². The summed E-state index contributed by atoms with van der Waals surface area (Å²) in [5.41, 5.74) is 0. The van der Waals surface area contributed by atoms with Crippen molar-refractivity contribution in [2.45, 2.75) is 10.3 Å². The van der Waals surface area contributed by atoms with E-state index >= 15 is 0 Å². The summed E-state index contributed by atoms with van der Waals surface area (Å²) in [7, 11) is -4.76. The second kappa shape index (κ2) is 0.822. The van der Waals surface area contributed by atoms with Gasteiger partial charge in [-0.25, -0.2) is 17.6 Å². The molecule has 0 radical (unpaired) electrons. The van der Waals surface area contributed by atoms with Crippen LogP contribution in [0, 0.1) is 0 Å². The number of rotatable bonds is 0. The van der Waals surface area contributed by atoms with E-state index in [0.717, 1.165) is 0 Å². The highest BCUT2D eigenvalue weighted by Gasteiger charge is 2.89. The van der Waals surface area contributed by atoms with Crippen molar-refractivity contribution < 1.29 is 17.6 Å². The van der Waals surface area contributed by atoms with Gasteiger partial charge in [0.2, 0.25) is 10.3 Å². The van der Waals surface area contributed by atoms with E-state index in [0.29, 0.717) is 0 Å². The van der Waals surface area contributed by atoms with Crippen molar-refractivity contribution in [3.8, 4) is 0 Å². The summed E-state index contributed by atoms with van der Waals surface area (Å²) in [5.74, 6) is 0. The van der Waals surface area contributed by atoms with Crippen molar-refractivity contribution in [1.29, 1.82) is 0 Å². The van der Waals surface area contributed by atoms with Gasteiger partial charge in [0.15, 0.2) is 15.8 Å². The van der Waals surface area contributed by atoms with Crippen LogP contribution >= 0.6 is 0 Å². The zero-order chi connectivity index (χ0) is 6.15. The molecule has 8 heavy (non-hydrogen) atoms. The van der Waals surface area contributed by atoms with Gasteiger partial charge >= 0.3 is 0 Å².